The van der Waals surface area contributed by atoms with E-state index < -0.39 is 0 Å². The quantitative estimate of drug-likeness (QED) is 0.925. The second-order valence-corrected chi connectivity index (χ2v) is 5.76. The molecule has 2 heterocycles. The van der Waals surface area contributed by atoms with E-state index in [4.69, 9.17) is 5.73 Å². The van der Waals surface area contributed by atoms with Crippen molar-refractivity contribution in [2.24, 2.45) is 11.7 Å². The van der Waals surface area contributed by atoms with Gasteiger partial charge in [0.1, 0.15) is 5.69 Å². The summed E-state index contributed by atoms with van der Waals surface area (Å²) in [5.41, 5.74) is 6.06. The number of halogens is 1. The van der Waals surface area contributed by atoms with Gasteiger partial charge >= 0.3 is 0 Å². The minimum absolute atomic E-state index is 0. The summed E-state index contributed by atoms with van der Waals surface area (Å²) in [4.78, 5) is 18.5. The van der Waals surface area contributed by atoms with Crippen molar-refractivity contribution in [2.45, 2.75) is 32.7 Å². The first-order valence-electron chi connectivity index (χ1n) is 6.07. The highest BCUT2D eigenvalue weighted by molar-refractivity contribution is 7.09. The monoisotopic (exact) mass is 289 g/mol. The molecule has 2 N–H and O–H groups in total. The van der Waals surface area contributed by atoms with Crippen molar-refractivity contribution in [3.8, 4) is 0 Å². The minimum atomic E-state index is 0. The van der Waals surface area contributed by atoms with Crippen LogP contribution in [0.2, 0.25) is 0 Å². The Hall–Kier alpha value is -0.650. The maximum atomic E-state index is 12.3. The molecule has 1 aliphatic heterocycles. The summed E-state index contributed by atoms with van der Waals surface area (Å²) in [6.45, 7) is 5.72. The molecule has 1 aliphatic rings. The van der Waals surface area contributed by atoms with Crippen LogP contribution in [0, 0.1) is 5.92 Å². The molecule has 2 atom stereocenters. The summed E-state index contributed by atoms with van der Waals surface area (Å²) in [6.07, 6.45) is 1.84. The third kappa shape index (κ3) is 3.22. The molecule has 0 bridgehead atoms. The van der Waals surface area contributed by atoms with Crippen LogP contribution in [-0.2, 0) is 6.42 Å². The fourth-order valence-electron chi connectivity index (χ4n) is 2.38. The van der Waals surface area contributed by atoms with E-state index in [1.165, 1.54) is 11.3 Å². The summed E-state index contributed by atoms with van der Waals surface area (Å²) < 4.78 is 0. The van der Waals surface area contributed by atoms with Gasteiger partial charge in [-0.05, 0) is 25.8 Å². The van der Waals surface area contributed by atoms with Crippen LogP contribution < -0.4 is 5.73 Å². The highest BCUT2D eigenvalue weighted by Crippen LogP contribution is 2.24. The zero-order valence-electron chi connectivity index (χ0n) is 10.8. The maximum absolute atomic E-state index is 12.3. The normalized spacial score (nSPS) is 22.9. The van der Waals surface area contributed by atoms with Crippen LogP contribution in [0.25, 0.3) is 0 Å². The smallest absolute Gasteiger partial charge is 0.273 e. The Labute approximate surface area is 118 Å². The summed E-state index contributed by atoms with van der Waals surface area (Å²) in [5, 5.41) is 2.80. The van der Waals surface area contributed by atoms with E-state index in [0.717, 1.165) is 24.4 Å². The number of carbonyl (C=O) groups excluding carboxylic acids is 1. The van der Waals surface area contributed by atoms with Gasteiger partial charge in [-0.15, -0.1) is 23.7 Å². The van der Waals surface area contributed by atoms with Crippen molar-refractivity contribution >= 4 is 29.7 Å². The van der Waals surface area contributed by atoms with Crippen molar-refractivity contribution in [1.82, 2.24) is 9.88 Å². The lowest BCUT2D eigenvalue weighted by molar-refractivity contribution is 0.0738. The van der Waals surface area contributed by atoms with Crippen molar-refractivity contribution in [1.29, 1.82) is 0 Å². The molecule has 1 saturated heterocycles. The molecule has 0 spiro atoms. The number of amides is 1. The number of aromatic nitrogens is 1. The molecular weight excluding hydrogens is 270 g/mol. The summed E-state index contributed by atoms with van der Waals surface area (Å²) in [7, 11) is 0. The van der Waals surface area contributed by atoms with Crippen LogP contribution in [0.3, 0.4) is 0 Å². The molecule has 102 valence electrons. The van der Waals surface area contributed by atoms with Gasteiger partial charge in [-0.3, -0.25) is 4.79 Å². The lowest BCUT2D eigenvalue weighted by atomic mass is 10.1. The zero-order chi connectivity index (χ0) is 12.4. The van der Waals surface area contributed by atoms with Crippen LogP contribution in [0.1, 0.15) is 35.8 Å². The highest BCUT2D eigenvalue weighted by atomic mass is 35.5. The average Bonchev–Trinajstić information content (AvgIpc) is 2.85. The Bertz CT molecular complexity index is 410. The van der Waals surface area contributed by atoms with Crippen molar-refractivity contribution in [3.05, 3.63) is 16.1 Å². The van der Waals surface area contributed by atoms with E-state index in [2.05, 4.69) is 18.8 Å². The van der Waals surface area contributed by atoms with Crippen molar-refractivity contribution in [3.63, 3.8) is 0 Å². The molecule has 18 heavy (non-hydrogen) atoms. The number of nitrogens with two attached hydrogens (primary N) is 1. The van der Waals surface area contributed by atoms with Gasteiger partial charge in [0.15, 0.2) is 0 Å². The molecule has 0 radical (unpaired) electrons. The topological polar surface area (TPSA) is 59.2 Å². The Balaban J connectivity index is 0.00000162. The molecule has 0 saturated carbocycles. The lowest BCUT2D eigenvalue weighted by Crippen LogP contribution is -2.34. The molecule has 0 aliphatic carbocycles. The van der Waals surface area contributed by atoms with Crippen molar-refractivity contribution in [2.75, 3.05) is 13.1 Å². The number of hydrogen-bond donors (Lipinski definition) is 1. The number of rotatable bonds is 3. The summed E-state index contributed by atoms with van der Waals surface area (Å²) in [5.74, 6) is 0.664. The number of likely N-dealkylation sites (tertiary alicyclic amines) is 1. The van der Waals surface area contributed by atoms with Gasteiger partial charge < -0.3 is 10.6 Å². The van der Waals surface area contributed by atoms with Gasteiger partial charge in [0, 0.05) is 24.4 Å². The molecule has 1 amide bonds. The second-order valence-electron chi connectivity index (χ2n) is 4.81. The second kappa shape index (κ2) is 6.50. The number of carbonyl (C=O) groups is 1. The molecule has 1 aromatic rings. The first-order chi connectivity index (χ1) is 8.11. The van der Waals surface area contributed by atoms with Gasteiger partial charge in [0.25, 0.3) is 5.91 Å². The van der Waals surface area contributed by atoms with Gasteiger partial charge in [-0.25, -0.2) is 4.98 Å². The number of nitrogens with zero attached hydrogens (tertiary/aromatic N) is 2. The van der Waals surface area contributed by atoms with Crippen molar-refractivity contribution < 1.29 is 4.79 Å². The number of hydrogen-bond acceptors (Lipinski definition) is 4. The van der Waals surface area contributed by atoms with E-state index in [-0.39, 0.29) is 18.3 Å². The minimum Gasteiger partial charge on any atom is -0.334 e. The Morgan fingerprint density at radius 2 is 2.33 bits per heavy atom. The highest BCUT2D eigenvalue weighted by Gasteiger charge is 2.31. The average molecular weight is 290 g/mol. The summed E-state index contributed by atoms with van der Waals surface area (Å²) in [6, 6.07) is 0.331. The molecule has 6 heteroatoms. The van der Waals surface area contributed by atoms with E-state index in [1.807, 2.05) is 10.3 Å². The summed E-state index contributed by atoms with van der Waals surface area (Å²) >= 11 is 1.52. The third-order valence-corrected chi connectivity index (χ3v) is 4.08. The van der Waals surface area contributed by atoms with E-state index >= 15 is 0 Å². The molecule has 1 aromatic heterocycles. The Morgan fingerprint density at radius 1 is 1.61 bits per heavy atom. The maximum Gasteiger partial charge on any atom is 0.273 e. The Morgan fingerprint density at radius 3 is 2.89 bits per heavy atom. The molecular formula is C12H20ClN3OS. The third-order valence-electron chi connectivity index (χ3n) is 3.17. The molecule has 1 fully saturated rings. The van der Waals surface area contributed by atoms with Crippen LogP contribution in [-0.4, -0.2) is 34.9 Å². The van der Waals surface area contributed by atoms with E-state index in [9.17, 15) is 4.79 Å². The predicted molar refractivity (Wildman–Crippen MR) is 76.4 cm³/mol. The fourth-order valence-corrected chi connectivity index (χ4v) is 3.17. The standard InChI is InChI=1S/C12H19N3OS.ClH/c1-8-5-9(2)15(6-8)12(16)10-7-17-11(14-10)3-4-13;/h7-9H,3-6,13H2,1-2H3;1H. The van der Waals surface area contributed by atoms with Crippen LogP contribution in [0.15, 0.2) is 5.38 Å². The van der Waals surface area contributed by atoms with E-state index in [1.54, 1.807) is 0 Å². The molecule has 0 aromatic carbocycles. The lowest BCUT2D eigenvalue weighted by Gasteiger charge is -2.20. The zero-order valence-corrected chi connectivity index (χ0v) is 12.4. The van der Waals surface area contributed by atoms with Gasteiger partial charge in [-0.2, -0.15) is 0 Å². The van der Waals surface area contributed by atoms with E-state index in [0.29, 0.717) is 24.2 Å². The van der Waals surface area contributed by atoms with Crippen LogP contribution >= 0.6 is 23.7 Å². The molecule has 2 rings (SSSR count). The molecule has 2 unspecified atom stereocenters. The molecule has 4 nitrogen and oxygen atoms in total. The van der Waals surface area contributed by atoms with Crippen LogP contribution in [0.5, 0.6) is 0 Å². The van der Waals surface area contributed by atoms with Gasteiger partial charge in [0.05, 0.1) is 5.01 Å². The first-order valence-corrected chi connectivity index (χ1v) is 6.95. The SMILES string of the molecule is CC1CC(C)N(C(=O)c2csc(CCN)n2)C1.Cl. The Kier molecular flexibility index (Phi) is 5.56. The van der Waals surface area contributed by atoms with Crippen LogP contribution in [0.4, 0.5) is 0 Å². The number of thiazole rings is 1. The van der Waals surface area contributed by atoms with Gasteiger partial charge in [0.2, 0.25) is 0 Å². The fraction of sp³-hybridized carbons (Fsp3) is 0.667. The van der Waals surface area contributed by atoms with Gasteiger partial charge in [-0.1, -0.05) is 6.92 Å². The first kappa shape index (κ1) is 15.4. The largest absolute Gasteiger partial charge is 0.334 e. The predicted octanol–water partition coefficient (Wildman–Crippen LogP) is 1.94.